The predicted molar refractivity (Wildman–Crippen MR) is 84.9 cm³/mol. The monoisotopic (exact) mass is 293 g/mol. The summed E-state index contributed by atoms with van der Waals surface area (Å²) >= 11 is 0. The van der Waals surface area contributed by atoms with Crippen LogP contribution in [0.5, 0.6) is 0 Å². The average molecular weight is 293 g/mol. The quantitative estimate of drug-likeness (QED) is 0.774. The van der Waals surface area contributed by atoms with Crippen molar-refractivity contribution in [3.63, 3.8) is 0 Å². The Hall–Kier alpha value is -0.930. The Labute approximate surface area is 128 Å². The SMILES string of the molecule is CCCNC(c1ccccc1F)C1(OC)CCCCCC1. The first-order valence-corrected chi connectivity index (χ1v) is 8.26. The molecule has 1 aromatic carbocycles. The van der Waals surface area contributed by atoms with Gasteiger partial charge in [-0.25, -0.2) is 4.39 Å². The summed E-state index contributed by atoms with van der Waals surface area (Å²) in [5.74, 6) is -0.133. The van der Waals surface area contributed by atoms with Gasteiger partial charge in [0.1, 0.15) is 5.82 Å². The molecule has 0 aromatic heterocycles. The molecule has 0 spiro atoms. The highest BCUT2D eigenvalue weighted by atomic mass is 19.1. The van der Waals surface area contributed by atoms with E-state index in [2.05, 4.69) is 12.2 Å². The lowest BCUT2D eigenvalue weighted by Crippen LogP contribution is -2.46. The summed E-state index contributed by atoms with van der Waals surface area (Å²) in [5, 5.41) is 3.55. The zero-order valence-electron chi connectivity index (χ0n) is 13.3. The Kier molecular flexibility index (Phi) is 6.19. The summed E-state index contributed by atoms with van der Waals surface area (Å²) in [6.45, 7) is 3.02. The highest BCUT2D eigenvalue weighted by Crippen LogP contribution is 2.40. The maximum atomic E-state index is 14.3. The lowest BCUT2D eigenvalue weighted by Gasteiger charge is -2.40. The van der Waals surface area contributed by atoms with Crippen LogP contribution in [0.15, 0.2) is 24.3 Å². The topological polar surface area (TPSA) is 21.3 Å². The van der Waals surface area contributed by atoms with Crippen LogP contribution in [0.4, 0.5) is 4.39 Å². The summed E-state index contributed by atoms with van der Waals surface area (Å²) in [6.07, 6.45) is 7.86. The fourth-order valence-electron chi connectivity index (χ4n) is 3.51. The molecule has 1 aliphatic carbocycles. The first-order chi connectivity index (χ1) is 10.2. The number of ether oxygens (including phenoxy) is 1. The van der Waals surface area contributed by atoms with E-state index in [1.165, 1.54) is 12.8 Å². The smallest absolute Gasteiger partial charge is 0.128 e. The van der Waals surface area contributed by atoms with Gasteiger partial charge < -0.3 is 10.1 Å². The van der Waals surface area contributed by atoms with Gasteiger partial charge in [-0.2, -0.15) is 0 Å². The van der Waals surface area contributed by atoms with Crippen molar-refractivity contribution in [2.45, 2.75) is 63.5 Å². The highest BCUT2D eigenvalue weighted by molar-refractivity contribution is 5.24. The van der Waals surface area contributed by atoms with Gasteiger partial charge in [0.05, 0.1) is 11.6 Å². The molecule has 1 aliphatic rings. The third-order valence-corrected chi connectivity index (χ3v) is 4.70. The van der Waals surface area contributed by atoms with Crippen molar-refractivity contribution in [2.24, 2.45) is 0 Å². The van der Waals surface area contributed by atoms with Crippen molar-refractivity contribution < 1.29 is 9.13 Å². The van der Waals surface area contributed by atoms with Gasteiger partial charge in [-0.3, -0.25) is 0 Å². The van der Waals surface area contributed by atoms with Crippen LogP contribution < -0.4 is 5.32 Å². The zero-order chi connectivity index (χ0) is 15.1. The maximum absolute atomic E-state index is 14.3. The summed E-state index contributed by atoms with van der Waals surface area (Å²) in [4.78, 5) is 0. The van der Waals surface area contributed by atoms with Crippen LogP contribution in [0.1, 0.15) is 63.5 Å². The van der Waals surface area contributed by atoms with Gasteiger partial charge in [0.2, 0.25) is 0 Å². The third kappa shape index (κ3) is 3.83. The molecule has 0 bridgehead atoms. The molecule has 1 atom stereocenters. The second-order valence-corrected chi connectivity index (χ2v) is 6.09. The summed E-state index contributed by atoms with van der Waals surface area (Å²) in [6, 6.07) is 7.05. The van der Waals surface area contributed by atoms with Crippen LogP contribution in [0.2, 0.25) is 0 Å². The molecular weight excluding hydrogens is 265 g/mol. The van der Waals surface area contributed by atoms with E-state index < -0.39 is 0 Å². The fourth-order valence-corrected chi connectivity index (χ4v) is 3.51. The van der Waals surface area contributed by atoms with Crippen molar-refractivity contribution in [2.75, 3.05) is 13.7 Å². The van der Waals surface area contributed by atoms with Crippen molar-refractivity contribution in [3.05, 3.63) is 35.6 Å². The van der Waals surface area contributed by atoms with Crippen LogP contribution in [-0.2, 0) is 4.74 Å². The molecule has 1 aromatic rings. The van der Waals surface area contributed by atoms with Gasteiger partial charge in [-0.1, -0.05) is 50.8 Å². The van der Waals surface area contributed by atoms with Gasteiger partial charge in [0.15, 0.2) is 0 Å². The normalized spacial score (nSPS) is 20.0. The Bertz CT molecular complexity index is 427. The molecule has 0 saturated heterocycles. The maximum Gasteiger partial charge on any atom is 0.128 e. The van der Waals surface area contributed by atoms with E-state index in [0.29, 0.717) is 0 Å². The minimum absolute atomic E-state index is 0.0678. The molecule has 118 valence electrons. The van der Waals surface area contributed by atoms with Crippen molar-refractivity contribution >= 4 is 0 Å². The number of methoxy groups -OCH3 is 1. The fraction of sp³-hybridized carbons (Fsp3) is 0.667. The molecule has 0 radical (unpaired) electrons. The minimum Gasteiger partial charge on any atom is -0.376 e. The highest BCUT2D eigenvalue weighted by Gasteiger charge is 2.40. The van der Waals surface area contributed by atoms with E-state index >= 15 is 0 Å². The first kappa shape index (κ1) is 16.4. The Balaban J connectivity index is 2.34. The second-order valence-electron chi connectivity index (χ2n) is 6.09. The van der Waals surface area contributed by atoms with E-state index in [4.69, 9.17) is 4.74 Å². The second kappa shape index (κ2) is 7.90. The molecule has 1 fully saturated rings. The number of halogens is 1. The number of hydrogen-bond donors (Lipinski definition) is 1. The molecule has 1 saturated carbocycles. The van der Waals surface area contributed by atoms with Crippen LogP contribution >= 0.6 is 0 Å². The van der Waals surface area contributed by atoms with Crippen molar-refractivity contribution in [1.82, 2.24) is 5.32 Å². The van der Waals surface area contributed by atoms with E-state index in [9.17, 15) is 4.39 Å². The number of hydrogen-bond acceptors (Lipinski definition) is 2. The van der Waals surface area contributed by atoms with Crippen LogP contribution in [-0.4, -0.2) is 19.3 Å². The Morgan fingerprint density at radius 1 is 1.19 bits per heavy atom. The van der Waals surface area contributed by atoms with E-state index in [1.807, 2.05) is 12.1 Å². The minimum atomic E-state index is -0.284. The molecule has 0 heterocycles. The van der Waals surface area contributed by atoms with Gasteiger partial charge in [0, 0.05) is 12.7 Å². The van der Waals surface area contributed by atoms with Crippen molar-refractivity contribution in [1.29, 1.82) is 0 Å². The van der Waals surface area contributed by atoms with Crippen LogP contribution in [0.25, 0.3) is 0 Å². The molecule has 2 nitrogen and oxygen atoms in total. The molecule has 1 N–H and O–H groups in total. The van der Waals surface area contributed by atoms with E-state index in [1.54, 1.807) is 19.2 Å². The average Bonchev–Trinajstić information content (AvgIpc) is 2.76. The lowest BCUT2D eigenvalue weighted by atomic mass is 9.81. The molecular formula is C18H28FNO. The van der Waals surface area contributed by atoms with Crippen molar-refractivity contribution in [3.8, 4) is 0 Å². The molecule has 0 amide bonds. The Morgan fingerprint density at radius 3 is 2.43 bits per heavy atom. The molecule has 1 unspecified atom stereocenters. The standard InChI is InChI=1S/C18H28FNO/c1-3-14-20-17(15-10-6-7-11-16(15)19)18(21-2)12-8-4-5-9-13-18/h6-7,10-11,17,20H,3-5,8-9,12-14H2,1-2H3. The van der Waals surface area contributed by atoms with E-state index in [0.717, 1.165) is 44.2 Å². The third-order valence-electron chi connectivity index (χ3n) is 4.70. The number of benzene rings is 1. The van der Waals surface area contributed by atoms with E-state index in [-0.39, 0.29) is 17.5 Å². The summed E-state index contributed by atoms with van der Waals surface area (Å²) in [7, 11) is 1.78. The lowest BCUT2D eigenvalue weighted by molar-refractivity contribution is -0.0547. The number of nitrogens with one attached hydrogen (secondary N) is 1. The van der Waals surface area contributed by atoms with Gasteiger partial charge in [0.25, 0.3) is 0 Å². The number of rotatable bonds is 6. The van der Waals surface area contributed by atoms with Crippen LogP contribution in [0, 0.1) is 5.82 Å². The van der Waals surface area contributed by atoms with Crippen LogP contribution in [0.3, 0.4) is 0 Å². The summed E-state index contributed by atoms with van der Waals surface area (Å²) < 4.78 is 20.3. The zero-order valence-corrected chi connectivity index (χ0v) is 13.3. The predicted octanol–water partition coefficient (Wildman–Crippen LogP) is 4.61. The largest absolute Gasteiger partial charge is 0.376 e. The molecule has 3 heteroatoms. The summed E-state index contributed by atoms with van der Waals surface area (Å²) in [5.41, 5.74) is 0.461. The van der Waals surface area contributed by atoms with Gasteiger partial charge in [-0.15, -0.1) is 0 Å². The Morgan fingerprint density at radius 2 is 1.86 bits per heavy atom. The van der Waals surface area contributed by atoms with Gasteiger partial charge >= 0.3 is 0 Å². The molecule has 21 heavy (non-hydrogen) atoms. The molecule has 2 rings (SSSR count). The first-order valence-electron chi connectivity index (χ1n) is 8.26. The molecule has 0 aliphatic heterocycles. The van der Waals surface area contributed by atoms with Gasteiger partial charge in [-0.05, 0) is 31.9 Å².